The van der Waals surface area contributed by atoms with Crippen molar-refractivity contribution in [1.82, 2.24) is 15.4 Å². The number of guanidine groups is 1. The zero-order chi connectivity index (χ0) is 20.5. The zero-order valence-corrected chi connectivity index (χ0v) is 16.5. The predicted octanol–water partition coefficient (Wildman–Crippen LogP) is 2.30. The molecule has 10 heteroatoms. The Morgan fingerprint density at radius 1 is 1.19 bits per heavy atom. The Bertz CT molecular complexity index is 721. The molecule has 0 spiro atoms. The van der Waals surface area contributed by atoms with Crippen molar-refractivity contribution in [3.8, 4) is 0 Å². The molecule has 0 aliphatic rings. The highest BCUT2D eigenvalue weighted by atomic mass is 32.2. The number of hydrogen-bond acceptors (Lipinski definition) is 3. The van der Waals surface area contributed by atoms with Crippen molar-refractivity contribution >= 4 is 16.0 Å². The number of nitrogens with one attached hydrogen (secondary N) is 3. The molecule has 1 atom stereocenters. The van der Waals surface area contributed by atoms with Gasteiger partial charge in [0.05, 0.1) is 11.8 Å². The highest BCUT2D eigenvalue weighted by molar-refractivity contribution is 7.88. The summed E-state index contributed by atoms with van der Waals surface area (Å²) in [4.78, 5) is 4.06. The van der Waals surface area contributed by atoms with Gasteiger partial charge in [-0.1, -0.05) is 25.1 Å². The van der Waals surface area contributed by atoms with Gasteiger partial charge in [0.1, 0.15) is 0 Å². The number of rotatable bonds is 9. The molecule has 0 aliphatic carbocycles. The third-order valence-electron chi connectivity index (χ3n) is 3.89. The van der Waals surface area contributed by atoms with Crippen molar-refractivity contribution in [2.75, 3.05) is 32.9 Å². The fraction of sp³-hybridized carbons (Fsp3) is 0.588. The smallest absolute Gasteiger partial charge is 0.356 e. The topological polar surface area (TPSA) is 82.6 Å². The SMILES string of the molecule is CN=C(NCCCNS(C)(=O)=O)NCCC(C)c1cccc(C(F)(F)F)c1. The quantitative estimate of drug-likeness (QED) is 0.333. The third-order valence-corrected chi connectivity index (χ3v) is 4.62. The first-order valence-corrected chi connectivity index (χ1v) is 10.5. The first-order chi connectivity index (χ1) is 12.5. The van der Waals surface area contributed by atoms with E-state index in [1.54, 1.807) is 13.1 Å². The Hall–Kier alpha value is -1.81. The molecule has 0 heterocycles. The number of sulfonamides is 1. The molecule has 1 aromatic rings. The molecular formula is C17H27F3N4O2S. The van der Waals surface area contributed by atoms with Crippen LogP contribution >= 0.6 is 0 Å². The average Bonchev–Trinajstić information content (AvgIpc) is 2.58. The Balaban J connectivity index is 2.38. The molecule has 0 amide bonds. The van der Waals surface area contributed by atoms with Crippen LogP contribution in [-0.2, 0) is 16.2 Å². The minimum absolute atomic E-state index is 0.0446. The summed E-state index contributed by atoms with van der Waals surface area (Å²) in [5.41, 5.74) is 0.00130. The van der Waals surface area contributed by atoms with Crippen molar-refractivity contribution in [3.63, 3.8) is 0 Å². The largest absolute Gasteiger partial charge is 0.416 e. The van der Waals surface area contributed by atoms with E-state index in [9.17, 15) is 21.6 Å². The number of benzene rings is 1. The lowest BCUT2D eigenvalue weighted by molar-refractivity contribution is -0.137. The molecule has 0 radical (unpaired) electrons. The number of alkyl halides is 3. The van der Waals surface area contributed by atoms with Crippen molar-refractivity contribution < 1.29 is 21.6 Å². The van der Waals surface area contributed by atoms with Gasteiger partial charge in [0.15, 0.2) is 5.96 Å². The summed E-state index contributed by atoms with van der Waals surface area (Å²) < 4.78 is 62.7. The molecule has 1 aromatic carbocycles. The minimum atomic E-state index is -4.34. The first kappa shape index (κ1) is 23.2. The Labute approximate surface area is 158 Å². The molecule has 0 fully saturated rings. The lowest BCUT2D eigenvalue weighted by Gasteiger charge is -2.16. The number of hydrogen-bond donors (Lipinski definition) is 3. The molecule has 1 unspecified atom stereocenters. The van der Waals surface area contributed by atoms with E-state index >= 15 is 0 Å². The summed E-state index contributed by atoms with van der Waals surface area (Å²) in [6.07, 6.45) is -2.01. The highest BCUT2D eigenvalue weighted by Crippen LogP contribution is 2.31. The van der Waals surface area contributed by atoms with Crippen molar-refractivity contribution in [2.24, 2.45) is 4.99 Å². The van der Waals surface area contributed by atoms with E-state index in [4.69, 9.17) is 0 Å². The van der Waals surface area contributed by atoms with Gasteiger partial charge in [0.2, 0.25) is 10.0 Å². The molecular weight excluding hydrogens is 381 g/mol. The molecule has 0 saturated heterocycles. The van der Waals surface area contributed by atoms with Crippen LogP contribution in [0.25, 0.3) is 0 Å². The molecule has 0 aliphatic heterocycles. The van der Waals surface area contributed by atoms with Gasteiger partial charge in [0.25, 0.3) is 0 Å². The second-order valence-electron chi connectivity index (χ2n) is 6.26. The van der Waals surface area contributed by atoms with Crippen LogP contribution in [-0.4, -0.2) is 47.3 Å². The molecule has 0 aromatic heterocycles. The van der Waals surface area contributed by atoms with Crippen molar-refractivity contribution in [1.29, 1.82) is 0 Å². The van der Waals surface area contributed by atoms with Crippen LogP contribution in [0.4, 0.5) is 13.2 Å². The van der Waals surface area contributed by atoms with Crippen LogP contribution in [0.5, 0.6) is 0 Å². The summed E-state index contributed by atoms with van der Waals surface area (Å²) in [6, 6.07) is 5.38. The summed E-state index contributed by atoms with van der Waals surface area (Å²) in [7, 11) is -1.58. The van der Waals surface area contributed by atoms with Gasteiger partial charge in [-0.15, -0.1) is 0 Å². The summed E-state index contributed by atoms with van der Waals surface area (Å²) in [5, 5.41) is 6.15. The van der Waals surface area contributed by atoms with Gasteiger partial charge in [-0.3, -0.25) is 4.99 Å². The van der Waals surface area contributed by atoms with Crippen molar-refractivity contribution in [3.05, 3.63) is 35.4 Å². The van der Waals surface area contributed by atoms with Gasteiger partial charge in [-0.25, -0.2) is 13.1 Å². The molecule has 6 nitrogen and oxygen atoms in total. The maximum atomic E-state index is 12.8. The van der Waals surface area contributed by atoms with Gasteiger partial charge >= 0.3 is 6.18 Å². The Morgan fingerprint density at radius 3 is 2.44 bits per heavy atom. The standard InChI is InChI=1S/C17H27F3N4O2S/c1-13(14-6-4-7-15(12-14)17(18,19)20)8-11-23-16(21-2)22-9-5-10-24-27(3,25)26/h4,6-7,12-13,24H,5,8-11H2,1-3H3,(H2,21,22,23). The fourth-order valence-electron chi connectivity index (χ4n) is 2.37. The first-order valence-electron chi connectivity index (χ1n) is 8.59. The second kappa shape index (κ2) is 10.5. The van der Waals surface area contributed by atoms with E-state index in [2.05, 4.69) is 20.3 Å². The summed E-state index contributed by atoms with van der Waals surface area (Å²) in [6.45, 7) is 3.28. The van der Waals surface area contributed by atoms with E-state index < -0.39 is 21.8 Å². The number of aliphatic imine (C=N–C) groups is 1. The van der Waals surface area contributed by atoms with Crippen LogP contribution in [0.2, 0.25) is 0 Å². The highest BCUT2D eigenvalue weighted by Gasteiger charge is 2.30. The summed E-state index contributed by atoms with van der Waals surface area (Å²) >= 11 is 0. The fourth-order valence-corrected chi connectivity index (χ4v) is 2.88. The van der Waals surface area contributed by atoms with E-state index in [0.717, 1.165) is 12.3 Å². The molecule has 0 saturated carbocycles. The van der Waals surface area contributed by atoms with Gasteiger partial charge in [0, 0.05) is 26.7 Å². The van der Waals surface area contributed by atoms with Crippen LogP contribution in [0.1, 0.15) is 36.8 Å². The molecule has 27 heavy (non-hydrogen) atoms. The molecule has 0 bridgehead atoms. The van der Waals surface area contributed by atoms with Crippen molar-refractivity contribution in [2.45, 2.75) is 31.9 Å². The normalized spacial score (nSPS) is 14.1. The van der Waals surface area contributed by atoms with Crippen LogP contribution < -0.4 is 15.4 Å². The second-order valence-corrected chi connectivity index (χ2v) is 8.09. The van der Waals surface area contributed by atoms with E-state index in [1.165, 1.54) is 12.1 Å². The van der Waals surface area contributed by atoms with Crippen LogP contribution in [0, 0.1) is 0 Å². The van der Waals surface area contributed by atoms with Gasteiger partial charge in [-0.05, 0) is 30.4 Å². The number of nitrogens with zero attached hydrogens (tertiary/aromatic N) is 1. The van der Waals surface area contributed by atoms with Gasteiger partial charge < -0.3 is 10.6 Å². The lowest BCUT2D eigenvalue weighted by Crippen LogP contribution is -2.39. The van der Waals surface area contributed by atoms with E-state index in [-0.39, 0.29) is 5.92 Å². The lowest BCUT2D eigenvalue weighted by atomic mass is 9.96. The average molecular weight is 408 g/mol. The molecule has 1 rings (SSSR count). The summed E-state index contributed by atoms with van der Waals surface area (Å²) in [5.74, 6) is 0.516. The van der Waals surface area contributed by atoms with Gasteiger partial charge in [-0.2, -0.15) is 13.2 Å². The maximum Gasteiger partial charge on any atom is 0.416 e. The monoisotopic (exact) mass is 408 g/mol. The minimum Gasteiger partial charge on any atom is -0.356 e. The van der Waals surface area contributed by atoms with E-state index in [0.29, 0.717) is 44.0 Å². The number of halogens is 3. The van der Waals surface area contributed by atoms with Crippen LogP contribution in [0.3, 0.4) is 0 Å². The van der Waals surface area contributed by atoms with E-state index in [1.807, 2.05) is 6.92 Å². The Morgan fingerprint density at radius 2 is 1.85 bits per heavy atom. The molecule has 3 N–H and O–H groups in total. The predicted molar refractivity (Wildman–Crippen MR) is 101 cm³/mol. The zero-order valence-electron chi connectivity index (χ0n) is 15.7. The molecule has 154 valence electrons. The maximum absolute atomic E-state index is 12.8. The third kappa shape index (κ3) is 9.62. The van der Waals surface area contributed by atoms with Crippen LogP contribution in [0.15, 0.2) is 29.3 Å². The Kier molecular flexibility index (Phi) is 9.04.